The molecule has 13 heteroatoms. The molecule has 0 spiro atoms. The zero-order chi connectivity index (χ0) is 33.9. The number of hydrogen-bond donors (Lipinski definition) is 2. The van der Waals surface area contributed by atoms with Gasteiger partial charge in [-0.2, -0.15) is 13.2 Å². The number of nitrogens with zero attached hydrogens (tertiary/aromatic N) is 3. The van der Waals surface area contributed by atoms with Gasteiger partial charge in [-0.05, 0) is 67.4 Å². The van der Waals surface area contributed by atoms with Crippen LogP contribution in [0.2, 0.25) is 5.02 Å². The minimum absolute atomic E-state index is 0.0296. The monoisotopic (exact) mass is 669 g/mol. The molecule has 0 fully saturated rings. The van der Waals surface area contributed by atoms with Gasteiger partial charge in [-0.1, -0.05) is 67.1 Å². The van der Waals surface area contributed by atoms with Gasteiger partial charge >= 0.3 is 18.2 Å². The number of fused-ring (bicyclic) bond motifs is 2. The van der Waals surface area contributed by atoms with Crippen LogP contribution >= 0.6 is 11.6 Å². The largest absolute Gasteiger partial charge is 0.493 e. The van der Waals surface area contributed by atoms with E-state index in [-0.39, 0.29) is 5.92 Å². The molecule has 1 aromatic heterocycles. The van der Waals surface area contributed by atoms with Crippen molar-refractivity contribution in [2.75, 3.05) is 32.1 Å². The maximum absolute atomic E-state index is 14.7. The molecule has 2 N–H and O–H groups in total. The van der Waals surface area contributed by atoms with Crippen LogP contribution in [0.15, 0.2) is 79.0 Å². The zero-order valence-electron chi connectivity index (χ0n) is 26.1. The van der Waals surface area contributed by atoms with Crippen molar-refractivity contribution in [2.24, 2.45) is 5.92 Å². The molecule has 248 valence electrons. The Balaban J connectivity index is 1.54. The number of anilines is 1. The minimum atomic E-state index is -5.36. The van der Waals surface area contributed by atoms with E-state index in [0.29, 0.717) is 46.4 Å². The van der Waals surface area contributed by atoms with Gasteiger partial charge in [-0.25, -0.2) is 9.59 Å². The summed E-state index contributed by atoms with van der Waals surface area (Å²) in [6.45, 7) is 2.26. The Hall–Kier alpha value is -4.55. The number of benzene rings is 3. The Morgan fingerprint density at radius 2 is 1.77 bits per heavy atom. The van der Waals surface area contributed by atoms with Crippen LogP contribution in [-0.4, -0.2) is 72.3 Å². The SMILES string of the molecule is CC(c1c[nH]c2ccccc12)C(NC(=O)N(Cc1ccccc1)OC(=O)C(F)(F)F)C(=O)N1C[C@@H](CN(C)C)Cc2cc(Cl)ccc21. The van der Waals surface area contributed by atoms with Gasteiger partial charge in [-0.15, -0.1) is 5.06 Å². The van der Waals surface area contributed by atoms with Gasteiger partial charge in [0.1, 0.15) is 6.04 Å². The van der Waals surface area contributed by atoms with Gasteiger partial charge in [0.05, 0.1) is 6.54 Å². The Morgan fingerprint density at radius 3 is 2.47 bits per heavy atom. The molecule has 0 saturated carbocycles. The quantitative estimate of drug-likeness (QED) is 0.215. The summed E-state index contributed by atoms with van der Waals surface area (Å²) in [6, 6.07) is 18.3. The number of carbonyl (C=O) groups is 3. The lowest BCUT2D eigenvalue weighted by atomic mass is 9.88. The molecular weight excluding hydrogens is 635 g/mol. The van der Waals surface area contributed by atoms with E-state index in [4.69, 9.17) is 11.6 Å². The number of hydroxylamine groups is 2. The molecule has 3 atom stereocenters. The van der Waals surface area contributed by atoms with Crippen molar-refractivity contribution < 1.29 is 32.4 Å². The molecule has 0 radical (unpaired) electrons. The number of para-hydroxylation sites is 1. The fraction of sp³-hybridized carbons (Fsp3) is 0.324. The third-order valence-corrected chi connectivity index (χ3v) is 8.38. The fourth-order valence-corrected chi connectivity index (χ4v) is 6.23. The second kappa shape index (κ2) is 14.1. The van der Waals surface area contributed by atoms with Gasteiger partial charge in [0.25, 0.3) is 0 Å². The molecule has 0 saturated heterocycles. The Bertz CT molecular complexity index is 1750. The van der Waals surface area contributed by atoms with Gasteiger partial charge in [0.2, 0.25) is 5.91 Å². The second-order valence-corrected chi connectivity index (χ2v) is 12.4. The highest BCUT2D eigenvalue weighted by molar-refractivity contribution is 6.30. The number of aromatic amines is 1. The van der Waals surface area contributed by atoms with Crippen molar-refractivity contribution >= 4 is 46.1 Å². The van der Waals surface area contributed by atoms with E-state index in [0.717, 1.165) is 16.5 Å². The van der Waals surface area contributed by atoms with Crippen LogP contribution < -0.4 is 10.2 Å². The van der Waals surface area contributed by atoms with Crippen LogP contribution in [0.1, 0.15) is 29.5 Å². The van der Waals surface area contributed by atoms with E-state index in [1.165, 1.54) is 0 Å². The van der Waals surface area contributed by atoms with Crippen LogP contribution in [0.5, 0.6) is 0 Å². The molecule has 3 aromatic carbocycles. The highest BCUT2D eigenvalue weighted by atomic mass is 35.5. The highest BCUT2D eigenvalue weighted by Gasteiger charge is 2.44. The van der Waals surface area contributed by atoms with E-state index < -0.39 is 42.6 Å². The third kappa shape index (κ3) is 7.88. The summed E-state index contributed by atoms with van der Waals surface area (Å²) in [5.74, 6) is -3.69. The van der Waals surface area contributed by atoms with Crippen LogP contribution in [0, 0.1) is 5.92 Å². The average molecular weight is 670 g/mol. The predicted molar refractivity (Wildman–Crippen MR) is 173 cm³/mol. The summed E-state index contributed by atoms with van der Waals surface area (Å²) in [5.41, 5.74) is 3.40. The number of amides is 3. The molecule has 0 bridgehead atoms. The van der Waals surface area contributed by atoms with Crippen molar-refractivity contribution in [2.45, 2.75) is 38.0 Å². The van der Waals surface area contributed by atoms with Gasteiger partial charge in [0.15, 0.2) is 0 Å². The first-order valence-electron chi connectivity index (χ1n) is 15.0. The second-order valence-electron chi connectivity index (χ2n) is 12.0. The molecule has 1 aliphatic heterocycles. The zero-order valence-corrected chi connectivity index (χ0v) is 26.8. The van der Waals surface area contributed by atoms with Crippen LogP contribution in [0.3, 0.4) is 0 Å². The summed E-state index contributed by atoms with van der Waals surface area (Å²) >= 11 is 6.34. The first-order valence-corrected chi connectivity index (χ1v) is 15.4. The van der Waals surface area contributed by atoms with Gasteiger partial charge < -0.3 is 24.9 Å². The van der Waals surface area contributed by atoms with E-state index in [1.54, 1.807) is 60.5 Å². The van der Waals surface area contributed by atoms with E-state index in [9.17, 15) is 27.6 Å². The number of aromatic nitrogens is 1. The van der Waals surface area contributed by atoms with E-state index >= 15 is 0 Å². The van der Waals surface area contributed by atoms with Crippen molar-refractivity contribution in [3.63, 3.8) is 0 Å². The van der Waals surface area contributed by atoms with Gasteiger partial charge in [-0.3, -0.25) is 4.79 Å². The summed E-state index contributed by atoms with van der Waals surface area (Å²) < 4.78 is 39.9. The van der Waals surface area contributed by atoms with Crippen LogP contribution in [0.4, 0.5) is 23.7 Å². The van der Waals surface area contributed by atoms with E-state index in [2.05, 4.69) is 15.1 Å². The number of H-pyrrole nitrogens is 1. The number of carbonyl (C=O) groups excluding carboxylic acids is 3. The van der Waals surface area contributed by atoms with Crippen molar-refractivity contribution in [1.82, 2.24) is 20.3 Å². The lowest BCUT2D eigenvalue weighted by Crippen LogP contribution is -2.56. The molecule has 0 aliphatic carbocycles. The molecule has 2 heterocycles. The van der Waals surface area contributed by atoms with Crippen molar-refractivity contribution in [3.05, 3.63) is 101 Å². The maximum Gasteiger partial charge on any atom is 0.493 e. The first-order chi connectivity index (χ1) is 22.3. The molecule has 1 aliphatic rings. The third-order valence-electron chi connectivity index (χ3n) is 8.15. The Kier molecular flexibility index (Phi) is 10.1. The smallest absolute Gasteiger partial charge is 0.361 e. The number of alkyl halides is 3. The topological polar surface area (TPSA) is 98.0 Å². The lowest BCUT2D eigenvalue weighted by Gasteiger charge is -2.39. The molecule has 9 nitrogen and oxygen atoms in total. The molecular formula is C34H35ClF3N5O4. The van der Waals surface area contributed by atoms with Gasteiger partial charge in [0, 0.05) is 46.8 Å². The maximum atomic E-state index is 14.7. The number of rotatable bonds is 8. The average Bonchev–Trinajstić information content (AvgIpc) is 3.46. The molecule has 3 amide bonds. The number of halogens is 4. The summed E-state index contributed by atoms with van der Waals surface area (Å²) in [7, 11) is 3.87. The summed E-state index contributed by atoms with van der Waals surface area (Å²) in [5, 5.41) is 4.27. The number of hydrogen-bond acceptors (Lipinski definition) is 5. The predicted octanol–water partition coefficient (Wildman–Crippen LogP) is 6.29. The summed E-state index contributed by atoms with van der Waals surface area (Å²) in [6.07, 6.45) is -2.95. The normalized spacial score (nSPS) is 16.0. The molecule has 4 aromatic rings. The fourth-order valence-electron chi connectivity index (χ4n) is 6.03. The summed E-state index contributed by atoms with van der Waals surface area (Å²) in [4.78, 5) is 51.8. The lowest BCUT2D eigenvalue weighted by molar-refractivity contribution is -0.229. The van der Waals surface area contributed by atoms with Crippen LogP contribution in [0.25, 0.3) is 10.9 Å². The van der Waals surface area contributed by atoms with Crippen molar-refractivity contribution in [3.8, 4) is 0 Å². The number of nitrogens with one attached hydrogen (secondary N) is 2. The molecule has 47 heavy (non-hydrogen) atoms. The Labute approximate surface area is 275 Å². The molecule has 5 rings (SSSR count). The number of urea groups is 1. The van der Waals surface area contributed by atoms with E-state index in [1.807, 2.05) is 49.3 Å². The van der Waals surface area contributed by atoms with Crippen LogP contribution in [-0.2, 0) is 27.4 Å². The Morgan fingerprint density at radius 1 is 1.06 bits per heavy atom. The highest BCUT2D eigenvalue weighted by Crippen LogP contribution is 2.35. The minimum Gasteiger partial charge on any atom is -0.361 e. The first kappa shape index (κ1) is 33.8. The van der Waals surface area contributed by atoms with Crippen molar-refractivity contribution in [1.29, 1.82) is 0 Å². The standard InChI is InChI=1S/C34H35ClF3N5O4/c1-21(27-17-39-28-12-8-7-11-26(27)28)30(31(44)42-19-23(18-41(2)3)15-24-16-25(35)13-14-29(24)42)40-33(46)43(47-32(45)34(36,37)38)20-22-9-5-4-6-10-22/h4-14,16-17,21,23,30,39H,15,18-20H2,1-3H3,(H,40,46)/t21?,23-,30?/m1/s1. The molecule has 2 unspecified atom stereocenters.